The van der Waals surface area contributed by atoms with Crippen LogP contribution >= 0.6 is 11.6 Å². The van der Waals surface area contributed by atoms with Crippen LogP contribution in [-0.2, 0) is 0 Å². The molecule has 0 heterocycles. The normalized spacial score (nSPS) is 10.9. The Hall–Kier alpha value is -3.38. The number of anilines is 2. The summed E-state index contributed by atoms with van der Waals surface area (Å²) in [5.41, 5.74) is 3.91. The number of hydrogen-bond donors (Lipinski definition) is 1. The second-order valence-electron chi connectivity index (χ2n) is 11.0. The maximum absolute atomic E-state index is 12.7. The van der Waals surface area contributed by atoms with Gasteiger partial charge >= 0.3 is 0 Å². The summed E-state index contributed by atoms with van der Waals surface area (Å²) < 4.78 is 0. The van der Waals surface area contributed by atoms with Crippen LogP contribution < -0.4 is 10.2 Å². The number of benzene rings is 3. The van der Waals surface area contributed by atoms with Crippen molar-refractivity contribution in [1.29, 1.82) is 0 Å². The van der Waals surface area contributed by atoms with Crippen LogP contribution in [0, 0.1) is 10.1 Å². The second-order valence-corrected chi connectivity index (χ2v) is 11.4. The number of nitro benzene ring substituents is 1. The lowest BCUT2D eigenvalue weighted by Crippen LogP contribution is -2.25. The molecule has 3 aromatic rings. The molecule has 3 aromatic carbocycles. The van der Waals surface area contributed by atoms with Gasteiger partial charge in [-0.2, -0.15) is 0 Å². The summed E-state index contributed by atoms with van der Waals surface area (Å²) in [6.45, 7) is 6.72. The first kappa shape index (κ1) is 33.1. The molecule has 3 rings (SSSR count). The van der Waals surface area contributed by atoms with Gasteiger partial charge in [-0.25, -0.2) is 0 Å². The van der Waals surface area contributed by atoms with Crippen molar-refractivity contribution in [2.75, 3.05) is 23.3 Å². The van der Waals surface area contributed by atoms with Crippen molar-refractivity contribution in [2.45, 2.75) is 90.9 Å². The first-order chi connectivity index (χ1) is 20.4. The van der Waals surface area contributed by atoms with Crippen LogP contribution in [0.4, 0.5) is 17.1 Å². The average Bonchev–Trinajstić information content (AvgIpc) is 3.00. The van der Waals surface area contributed by atoms with Gasteiger partial charge in [0.1, 0.15) is 0 Å². The number of hydrogen-bond acceptors (Lipinski definition) is 4. The molecule has 0 aliphatic rings. The Kier molecular flexibility index (Phi) is 14.4. The molecule has 0 aromatic heterocycles. The fraction of sp³-hybridized carbons (Fsp3) is 0.457. The molecule has 0 radical (unpaired) electrons. The standard InChI is InChI=1S/C35H46ClN3O3/c1-3-5-7-9-11-13-25-38(26-14-12-10-8-6-4-2)31-21-17-29(18-22-31)28-15-19-30(20-16-28)37-35(40)33-27-32(39(41)42)23-24-34(33)36/h15-24,27H,3-14,25-26H2,1-2H3,(H,37,40). The molecule has 0 saturated heterocycles. The minimum Gasteiger partial charge on any atom is -0.372 e. The van der Waals surface area contributed by atoms with Crippen LogP contribution in [0.5, 0.6) is 0 Å². The summed E-state index contributed by atoms with van der Waals surface area (Å²) in [6, 6.07) is 20.2. The van der Waals surface area contributed by atoms with Gasteiger partial charge in [0.05, 0.1) is 15.5 Å². The first-order valence-corrected chi connectivity index (χ1v) is 16.0. The lowest BCUT2D eigenvalue weighted by Gasteiger charge is -2.25. The fourth-order valence-corrected chi connectivity index (χ4v) is 5.35. The summed E-state index contributed by atoms with van der Waals surface area (Å²) >= 11 is 6.12. The molecule has 0 aliphatic heterocycles. The van der Waals surface area contributed by atoms with E-state index >= 15 is 0 Å². The zero-order valence-electron chi connectivity index (χ0n) is 25.2. The second kappa shape index (κ2) is 18.2. The van der Waals surface area contributed by atoms with Crippen LogP contribution in [-0.4, -0.2) is 23.9 Å². The van der Waals surface area contributed by atoms with Gasteiger partial charge in [-0.15, -0.1) is 0 Å². The number of rotatable bonds is 19. The largest absolute Gasteiger partial charge is 0.372 e. The van der Waals surface area contributed by atoms with E-state index in [2.05, 4.69) is 48.3 Å². The average molecular weight is 592 g/mol. The molecule has 7 heteroatoms. The van der Waals surface area contributed by atoms with E-state index in [1.807, 2.05) is 24.3 Å². The minimum atomic E-state index is -0.546. The summed E-state index contributed by atoms with van der Waals surface area (Å²) in [6.07, 6.45) is 15.6. The zero-order valence-corrected chi connectivity index (χ0v) is 26.0. The molecule has 0 spiro atoms. The quantitative estimate of drug-likeness (QED) is 0.0854. The number of halogens is 1. The molecule has 0 unspecified atom stereocenters. The monoisotopic (exact) mass is 591 g/mol. The number of carbonyl (C=O) groups excluding carboxylic acids is 1. The predicted molar refractivity (Wildman–Crippen MR) is 177 cm³/mol. The Balaban J connectivity index is 1.61. The summed E-state index contributed by atoms with van der Waals surface area (Å²) in [5, 5.41) is 14.0. The predicted octanol–water partition coefficient (Wildman–Crippen LogP) is 10.7. The molecule has 0 saturated carbocycles. The van der Waals surface area contributed by atoms with Crippen LogP contribution in [0.15, 0.2) is 66.7 Å². The number of amides is 1. The Morgan fingerprint density at radius 3 is 1.76 bits per heavy atom. The van der Waals surface area contributed by atoms with Crippen LogP contribution in [0.1, 0.15) is 101 Å². The highest BCUT2D eigenvalue weighted by Gasteiger charge is 2.16. The summed E-state index contributed by atoms with van der Waals surface area (Å²) in [5.74, 6) is -0.489. The first-order valence-electron chi connectivity index (χ1n) is 15.6. The van der Waals surface area contributed by atoms with Gasteiger partial charge < -0.3 is 10.2 Å². The van der Waals surface area contributed by atoms with Crippen molar-refractivity contribution in [1.82, 2.24) is 0 Å². The van der Waals surface area contributed by atoms with E-state index < -0.39 is 10.8 Å². The number of nitrogens with zero attached hydrogens (tertiary/aromatic N) is 2. The van der Waals surface area contributed by atoms with E-state index in [1.165, 1.54) is 101 Å². The van der Waals surface area contributed by atoms with Crippen molar-refractivity contribution >= 4 is 34.6 Å². The lowest BCUT2D eigenvalue weighted by molar-refractivity contribution is -0.384. The number of nitro groups is 1. The topological polar surface area (TPSA) is 75.5 Å². The highest BCUT2D eigenvalue weighted by atomic mass is 35.5. The van der Waals surface area contributed by atoms with Gasteiger partial charge in [0.2, 0.25) is 0 Å². The van der Waals surface area contributed by atoms with Crippen molar-refractivity contribution in [3.63, 3.8) is 0 Å². The van der Waals surface area contributed by atoms with E-state index in [0.29, 0.717) is 5.69 Å². The number of nitrogens with one attached hydrogen (secondary N) is 1. The Bertz CT molecular complexity index is 1230. The molecular weight excluding hydrogens is 546 g/mol. The summed E-state index contributed by atoms with van der Waals surface area (Å²) in [7, 11) is 0. The highest BCUT2D eigenvalue weighted by Crippen LogP contribution is 2.27. The number of non-ortho nitro benzene ring substituents is 1. The maximum Gasteiger partial charge on any atom is 0.270 e. The highest BCUT2D eigenvalue weighted by molar-refractivity contribution is 6.34. The molecule has 0 aliphatic carbocycles. The van der Waals surface area contributed by atoms with E-state index in [4.69, 9.17) is 11.6 Å². The Morgan fingerprint density at radius 2 is 1.24 bits per heavy atom. The van der Waals surface area contributed by atoms with E-state index in [9.17, 15) is 14.9 Å². The molecule has 0 atom stereocenters. The van der Waals surface area contributed by atoms with Crippen LogP contribution in [0.3, 0.4) is 0 Å². The maximum atomic E-state index is 12.7. The van der Waals surface area contributed by atoms with Crippen molar-refractivity contribution in [2.24, 2.45) is 0 Å². The van der Waals surface area contributed by atoms with Crippen molar-refractivity contribution < 1.29 is 9.72 Å². The van der Waals surface area contributed by atoms with Gasteiger partial charge in [0.25, 0.3) is 11.6 Å². The SMILES string of the molecule is CCCCCCCCN(CCCCCCCC)c1ccc(-c2ccc(NC(=O)c3cc([N+](=O)[O-])ccc3Cl)cc2)cc1. The molecule has 42 heavy (non-hydrogen) atoms. The zero-order chi connectivity index (χ0) is 30.2. The van der Waals surface area contributed by atoms with Crippen molar-refractivity contribution in [3.8, 4) is 11.1 Å². The third kappa shape index (κ3) is 10.8. The molecule has 6 nitrogen and oxygen atoms in total. The van der Waals surface area contributed by atoms with Gasteiger partial charge in [0, 0.05) is 36.6 Å². The molecule has 1 N–H and O–H groups in total. The van der Waals surface area contributed by atoms with E-state index in [1.54, 1.807) is 0 Å². The third-order valence-electron chi connectivity index (χ3n) is 7.68. The Morgan fingerprint density at radius 1 is 0.738 bits per heavy atom. The molecule has 226 valence electrons. The fourth-order valence-electron chi connectivity index (χ4n) is 5.15. The van der Waals surface area contributed by atoms with Crippen LogP contribution in [0.2, 0.25) is 5.02 Å². The van der Waals surface area contributed by atoms with Crippen LogP contribution in [0.25, 0.3) is 11.1 Å². The number of carbonyl (C=O) groups is 1. The van der Waals surface area contributed by atoms with Gasteiger partial charge in [-0.05, 0) is 54.3 Å². The molecule has 0 bridgehead atoms. The summed E-state index contributed by atoms with van der Waals surface area (Å²) in [4.78, 5) is 25.8. The molecule has 0 fully saturated rings. The van der Waals surface area contributed by atoms with Gasteiger partial charge in [0.15, 0.2) is 0 Å². The van der Waals surface area contributed by atoms with Crippen molar-refractivity contribution in [3.05, 3.63) is 87.4 Å². The third-order valence-corrected chi connectivity index (χ3v) is 8.01. The molecular formula is C35H46ClN3O3. The Labute approximate surface area is 256 Å². The van der Waals surface area contributed by atoms with Gasteiger partial charge in [-0.3, -0.25) is 14.9 Å². The van der Waals surface area contributed by atoms with E-state index in [0.717, 1.165) is 24.2 Å². The lowest BCUT2D eigenvalue weighted by atomic mass is 10.0. The van der Waals surface area contributed by atoms with E-state index in [-0.39, 0.29) is 16.3 Å². The smallest absolute Gasteiger partial charge is 0.270 e. The van der Waals surface area contributed by atoms with Gasteiger partial charge in [-0.1, -0.05) is 114 Å². The minimum absolute atomic E-state index is 0.0667. The molecule has 1 amide bonds. The number of unbranched alkanes of at least 4 members (excludes halogenated alkanes) is 10.